The van der Waals surface area contributed by atoms with Crippen molar-refractivity contribution in [2.24, 2.45) is 0 Å². The van der Waals surface area contributed by atoms with Crippen LogP contribution in [0.2, 0.25) is 0 Å². The second-order valence-electron chi connectivity index (χ2n) is 5.91. The Morgan fingerprint density at radius 3 is 2.87 bits per heavy atom. The number of ether oxygens (including phenoxy) is 2. The summed E-state index contributed by atoms with van der Waals surface area (Å²) in [5.74, 6) is -0.132. The van der Waals surface area contributed by atoms with E-state index >= 15 is 0 Å². The molecule has 4 heteroatoms. The number of carbonyl (C=O) groups excluding carboxylic acids is 1. The predicted molar refractivity (Wildman–Crippen MR) is 90.8 cm³/mol. The number of benzene rings is 1. The number of allylic oxidation sites excluding steroid dienone is 2. The Morgan fingerprint density at radius 2 is 2.13 bits per heavy atom. The van der Waals surface area contributed by atoms with Crippen LogP contribution in [0.4, 0.5) is 0 Å². The largest absolute Gasteiger partial charge is 0.507 e. The summed E-state index contributed by atoms with van der Waals surface area (Å²) >= 11 is 0. The van der Waals surface area contributed by atoms with Gasteiger partial charge < -0.3 is 14.6 Å². The van der Waals surface area contributed by atoms with E-state index in [0.29, 0.717) is 11.3 Å². The number of hydrogen-bond donors (Lipinski definition) is 1. The van der Waals surface area contributed by atoms with Crippen LogP contribution in [0.15, 0.2) is 30.4 Å². The first-order valence-corrected chi connectivity index (χ1v) is 7.96. The Hall–Kier alpha value is -2.23. The maximum atomic E-state index is 12.4. The van der Waals surface area contributed by atoms with Gasteiger partial charge in [0.2, 0.25) is 0 Å². The number of aromatic hydroxyl groups is 1. The van der Waals surface area contributed by atoms with Crippen LogP contribution in [0, 0.1) is 0 Å². The summed E-state index contributed by atoms with van der Waals surface area (Å²) in [5, 5.41) is 10.2. The van der Waals surface area contributed by atoms with Crippen molar-refractivity contribution in [3.8, 4) is 11.5 Å². The number of fused-ring (bicyclic) bond motifs is 1. The van der Waals surface area contributed by atoms with Crippen LogP contribution in [0.1, 0.15) is 54.9 Å². The van der Waals surface area contributed by atoms with E-state index in [0.717, 1.165) is 32.1 Å². The van der Waals surface area contributed by atoms with Gasteiger partial charge in [0.25, 0.3) is 0 Å². The maximum Gasteiger partial charge on any atom is 0.342 e. The molecule has 1 aromatic carbocycles. The highest BCUT2D eigenvalue weighted by Gasteiger charge is 2.21. The molecule has 1 heterocycles. The van der Waals surface area contributed by atoms with Crippen molar-refractivity contribution in [3.63, 3.8) is 0 Å². The number of methoxy groups -OCH3 is 1. The number of cyclic esters (lactones) is 1. The van der Waals surface area contributed by atoms with Gasteiger partial charge in [-0.3, -0.25) is 0 Å². The van der Waals surface area contributed by atoms with Crippen molar-refractivity contribution in [2.75, 3.05) is 7.11 Å². The zero-order valence-corrected chi connectivity index (χ0v) is 13.8. The molecule has 23 heavy (non-hydrogen) atoms. The molecule has 0 bridgehead atoms. The van der Waals surface area contributed by atoms with Crippen molar-refractivity contribution in [3.05, 3.63) is 41.5 Å². The van der Waals surface area contributed by atoms with Gasteiger partial charge in [-0.2, -0.15) is 0 Å². The molecule has 1 aliphatic rings. The van der Waals surface area contributed by atoms with Gasteiger partial charge in [-0.25, -0.2) is 4.79 Å². The molecule has 0 aliphatic carbocycles. The lowest BCUT2D eigenvalue weighted by Gasteiger charge is -2.16. The van der Waals surface area contributed by atoms with E-state index in [1.165, 1.54) is 18.7 Å². The normalized spacial score (nSPS) is 21.2. The Kier molecular flexibility index (Phi) is 5.85. The second kappa shape index (κ2) is 7.86. The van der Waals surface area contributed by atoms with Crippen molar-refractivity contribution in [2.45, 2.75) is 45.1 Å². The molecule has 1 aliphatic heterocycles. The van der Waals surface area contributed by atoms with Gasteiger partial charge >= 0.3 is 5.97 Å². The Morgan fingerprint density at radius 1 is 1.35 bits per heavy atom. The fraction of sp³-hybridized carbons (Fsp3) is 0.421. The summed E-state index contributed by atoms with van der Waals surface area (Å²) in [5.41, 5.74) is 1.98. The molecule has 1 N–H and O–H groups in total. The average Bonchev–Trinajstić information content (AvgIpc) is 2.52. The monoisotopic (exact) mass is 316 g/mol. The minimum absolute atomic E-state index is 0.125. The first-order chi connectivity index (χ1) is 11.0. The number of esters is 1. The highest BCUT2D eigenvalue weighted by atomic mass is 16.5. The van der Waals surface area contributed by atoms with Crippen molar-refractivity contribution in [1.82, 2.24) is 0 Å². The molecule has 4 nitrogen and oxygen atoms in total. The first kappa shape index (κ1) is 17.1. The molecule has 1 unspecified atom stereocenters. The van der Waals surface area contributed by atoms with Gasteiger partial charge in [0.05, 0.1) is 13.2 Å². The summed E-state index contributed by atoms with van der Waals surface area (Å²) in [6.45, 7) is 5.94. The minimum atomic E-state index is -0.512. The predicted octanol–water partition coefficient (Wildman–Crippen LogP) is 4.48. The zero-order valence-electron chi connectivity index (χ0n) is 13.8. The van der Waals surface area contributed by atoms with Gasteiger partial charge in [-0.15, -0.1) is 0 Å². The number of phenols is 1. The Balaban J connectivity index is 2.38. The van der Waals surface area contributed by atoms with Gasteiger partial charge in [0, 0.05) is 6.07 Å². The summed E-state index contributed by atoms with van der Waals surface area (Å²) in [6, 6.07) is 3.16. The SMILES string of the molecule is C=C1CCC/C=C/c2cc(OC)cc(O)c2C(=O)OC(C)CC1. The quantitative estimate of drug-likeness (QED) is 0.613. The van der Waals surface area contributed by atoms with Crippen molar-refractivity contribution < 1.29 is 19.4 Å². The van der Waals surface area contributed by atoms with Gasteiger partial charge in [-0.05, 0) is 50.7 Å². The lowest BCUT2D eigenvalue weighted by atomic mass is 10.0. The molecule has 124 valence electrons. The van der Waals surface area contributed by atoms with Gasteiger partial charge in [-0.1, -0.05) is 24.3 Å². The topological polar surface area (TPSA) is 55.8 Å². The molecule has 1 aromatic rings. The van der Waals surface area contributed by atoms with Crippen molar-refractivity contribution in [1.29, 1.82) is 0 Å². The fourth-order valence-corrected chi connectivity index (χ4v) is 2.61. The summed E-state index contributed by atoms with van der Waals surface area (Å²) < 4.78 is 10.6. The maximum absolute atomic E-state index is 12.4. The minimum Gasteiger partial charge on any atom is -0.507 e. The molecule has 0 fully saturated rings. The Labute approximate surface area is 137 Å². The first-order valence-electron chi connectivity index (χ1n) is 7.96. The molecule has 1 atom stereocenters. The fourth-order valence-electron chi connectivity index (χ4n) is 2.61. The zero-order chi connectivity index (χ0) is 16.8. The summed E-state index contributed by atoms with van der Waals surface area (Å²) in [6.07, 6.45) is 8.08. The van der Waals surface area contributed by atoms with E-state index < -0.39 is 5.97 Å². The van der Waals surface area contributed by atoms with E-state index in [2.05, 4.69) is 6.58 Å². The molecule has 0 saturated heterocycles. The van der Waals surface area contributed by atoms with E-state index in [-0.39, 0.29) is 17.4 Å². The third-order valence-electron chi connectivity index (χ3n) is 3.97. The van der Waals surface area contributed by atoms with Crippen LogP contribution in [-0.4, -0.2) is 24.3 Å². The molecule has 2 rings (SSSR count). The van der Waals surface area contributed by atoms with E-state index in [9.17, 15) is 9.90 Å². The van der Waals surface area contributed by atoms with Crippen LogP contribution < -0.4 is 4.74 Å². The molecule has 0 saturated carbocycles. The smallest absolute Gasteiger partial charge is 0.342 e. The van der Waals surface area contributed by atoms with Crippen LogP contribution in [0.5, 0.6) is 11.5 Å². The summed E-state index contributed by atoms with van der Waals surface area (Å²) in [4.78, 5) is 12.4. The highest BCUT2D eigenvalue weighted by molar-refractivity contribution is 5.97. The van der Waals surface area contributed by atoms with E-state index in [1.54, 1.807) is 6.07 Å². The van der Waals surface area contributed by atoms with E-state index in [1.807, 2.05) is 19.1 Å². The molecule has 0 radical (unpaired) electrons. The highest BCUT2D eigenvalue weighted by Crippen LogP contribution is 2.30. The standard InChI is InChI=1S/C19H24O4/c1-13-7-5-4-6-8-15-11-16(22-3)12-17(20)18(15)19(21)23-14(2)10-9-13/h6,8,11-12,14,20H,1,4-5,7,9-10H2,2-3H3/b8-6+. The average molecular weight is 316 g/mol. The molecule has 0 amide bonds. The van der Waals surface area contributed by atoms with Crippen LogP contribution in [0.3, 0.4) is 0 Å². The summed E-state index contributed by atoms with van der Waals surface area (Å²) in [7, 11) is 1.52. The second-order valence-corrected chi connectivity index (χ2v) is 5.91. The third kappa shape index (κ3) is 4.62. The molecular formula is C19H24O4. The molecule has 0 aromatic heterocycles. The van der Waals surface area contributed by atoms with Crippen molar-refractivity contribution >= 4 is 12.0 Å². The number of carbonyl (C=O) groups is 1. The van der Waals surface area contributed by atoms with Crippen LogP contribution in [0.25, 0.3) is 6.08 Å². The lowest BCUT2D eigenvalue weighted by Crippen LogP contribution is -2.16. The number of phenolic OH excluding ortho intramolecular Hbond substituents is 1. The van der Waals surface area contributed by atoms with E-state index in [4.69, 9.17) is 9.47 Å². The third-order valence-corrected chi connectivity index (χ3v) is 3.97. The Bertz CT molecular complexity index is 616. The molecular weight excluding hydrogens is 292 g/mol. The number of hydrogen-bond acceptors (Lipinski definition) is 4. The van der Waals surface area contributed by atoms with Gasteiger partial charge in [0.15, 0.2) is 0 Å². The van der Waals surface area contributed by atoms with Crippen LogP contribution >= 0.6 is 0 Å². The van der Waals surface area contributed by atoms with Crippen LogP contribution in [-0.2, 0) is 4.74 Å². The number of rotatable bonds is 1. The van der Waals surface area contributed by atoms with Gasteiger partial charge in [0.1, 0.15) is 17.1 Å². The molecule has 0 spiro atoms. The lowest BCUT2D eigenvalue weighted by molar-refractivity contribution is 0.0321.